The van der Waals surface area contributed by atoms with E-state index in [-0.39, 0.29) is 12.3 Å². The Morgan fingerprint density at radius 3 is 2.56 bits per heavy atom. The number of carbonyl (C=O) groups excluding carboxylic acids is 3. The summed E-state index contributed by atoms with van der Waals surface area (Å²) in [5.74, 6) is -2.78. The van der Waals surface area contributed by atoms with Crippen LogP contribution in [-0.4, -0.2) is 80.9 Å². The number of carboxylic acids is 1. The van der Waals surface area contributed by atoms with Gasteiger partial charge < -0.3 is 37.1 Å². The van der Waals surface area contributed by atoms with E-state index < -0.39 is 47.9 Å². The molecule has 4 unspecified atom stereocenters. The molecule has 0 saturated carbocycles. The van der Waals surface area contributed by atoms with Gasteiger partial charge in [-0.05, 0) is 44.6 Å². The maximum Gasteiger partial charge on any atom is 0.326 e. The molecule has 12 heteroatoms. The van der Waals surface area contributed by atoms with Crippen molar-refractivity contribution in [1.82, 2.24) is 25.5 Å². The van der Waals surface area contributed by atoms with Crippen LogP contribution in [0.15, 0.2) is 12.5 Å². The van der Waals surface area contributed by atoms with Gasteiger partial charge in [0.05, 0.1) is 12.4 Å². The maximum atomic E-state index is 13.2. The zero-order valence-corrected chi connectivity index (χ0v) is 19.8. The third kappa shape index (κ3) is 7.52. The normalized spacial score (nSPS) is 18.4. The fourth-order valence-electron chi connectivity index (χ4n) is 4.02. The van der Waals surface area contributed by atoms with Crippen molar-refractivity contribution < 1.29 is 24.3 Å². The van der Waals surface area contributed by atoms with Gasteiger partial charge in [0, 0.05) is 24.9 Å². The number of hydrogen-bond donors (Lipinski definition) is 6. The van der Waals surface area contributed by atoms with Crippen LogP contribution in [0.1, 0.15) is 51.6 Å². The SMILES string of the molecule is CC(C)C(NC(=O)C(N)Cc1cnc[nH]1)C(=O)NC(CCCCN)C(=O)N1CCCC1C(=O)O. The Kier molecular flexibility index (Phi) is 10.5. The number of likely N-dealkylation sites (tertiary alicyclic amines) is 1. The van der Waals surface area contributed by atoms with Gasteiger partial charge in [-0.3, -0.25) is 14.4 Å². The summed E-state index contributed by atoms with van der Waals surface area (Å²) in [6, 6.07) is -3.62. The van der Waals surface area contributed by atoms with Crippen LogP contribution < -0.4 is 22.1 Å². The van der Waals surface area contributed by atoms with Crippen LogP contribution in [0.25, 0.3) is 0 Å². The molecule has 1 aliphatic heterocycles. The molecule has 12 nitrogen and oxygen atoms in total. The number of aromatic amines is 1. The number of aromatic nitrogens is 2. The molecular formula is C22H37N7O5. The van der Waals surface area contributed by atoms with Crippen molar-refractivity contribution in [2.75, 3.05) is 13.1 Å². The van der Waals surface area contributed by atoms with Crippen molar-refractivity contribution in [3.05, 3.63) is 18.2 Å². The molecule has 0 aromatic carbocycles. The largest absolute Gasteiger partial charge is 0.480 e. The van der Waals surface area contributed by atoms with E-state index in [2.05, 4.69) is 20.6 Å². The molecule has 2 heterocycles. The molecule has 34 heavy (non-hydrogen) atoms. The van der Waals surface area contributed by atoms with Crippen LogP contribution in [-0.2, 0) is 25.6 Å². The molecule has 190 valence electrons. The lowest BCUT2D eigenvalue weighted by Crippen LogP contribution is -2.58. The molecule has 3 amide bonds. The lowest BCUT2D eigenvalue weighted by molar-refractivity contribution is -0.149. The lowest BCUT2D eigenvalue weighted by atomic mass is 10.0. The van der Waals surface area contributed by atoms with E-state index in [1.54, 1.807) is 20.0 Å². The minimum absolute atomic E-state index is 0.226. The first kappa shape index (κ1) is 27.3. The van der Waals surface area contributed by atoms with E-state index in [0.717, 1.165) is 0 Å². The van der Waals surface area contributed by atoms with Gasteiger partial charge in [-0.25, -0.2) is 9.78 Å². The molecule has 8 N–H and O–H groups in total. The Morgan fingerprint density at radius 2 is 1.97 bits per heavy atom. The minimum Gasteiger partial charge on any atom is -0.480 e. The number of aliphatic carboxylic acids is 1. The number of amides is 3. The summed E-state index contributed by atoms with van der Waals surface area (Å²) in [5, 5.41) is 14.9. The molecule has 1 fully saturated rings. The standard InChI is InChI=1S/C22H37N7O5/c1-13(2)18(28-19(30)15(24)10-14-11-25-12-26-14)20(31)27-16(6-3-4-8-23)21(32)29-9-5-7-17(29)22(33)34/h11-13,15-18H,3-10,23-24H2,1-2H3,(H,25,26)(H,27,31)(H,28,30)(H,33,34). The van der Waals surface area contributed by atoms with Crippen molar-refractivity contribution in [2.45, 2.75) is 76.5 Å². The second kappa shape index (κ2) is 13.0. The van der Waals surface area contributed by atoms with E-state index in [9.17, 15) is 24.3 Å². The van der Waals surface area contributed by atoms with Crippen molar-refractivity contribution in [2.24, 2.45) is 17.4 Å². The summed E-state index contributed by atoms with van der Waals surface area (Å²) in [7, 11) is 0. The smallest absolute Gasteiger partial charge is 0.326 e. The Hall–Kier alpha value is -2.99. The second-order valence-electron chi connectivity index (χ2n) is 8.99. The van der Waals surface area contributed by atoms with Crippen molar-refractivity contribution in [1.29, 1.82) is 0 Å². The average molecular weight is 480 g/mol. The number of carbonyl (C=O) groups is 4. The number of nitrogens with zero attached hydrogens (tertiary/aromatic N) is 2. The average Bonchev–Trinajstić information content (AvgIpc) is 3.48. The first-order valence-electron chi connectivity index (χ1n) is 11.7. The van der Waals surface area contributed by atoms with E-state index in [4.69, 9.17) is 11.5 Å². The summed E-state index contributed by atoms with van der Waals surface area (Å²) < 4.78 is 0. The molecule has 0 radical (unpaired) electrons. The van der Waals surface area contributed by atoms with E-state index in [0.29, 0.717) is 50.9 Å². The highest BCUT2D eigenvalue weighted by Gasteiger charge is 2.38. The number of carboxylic acid groups (broad SMARTS) is 1. The first-order chi connectivity index (χ1) is 16.1. The van der Waals surface area contributed by atoms with Gasteiger partial charge in [0.1, 0.15) is 18.1 Å². The Morgan fingerprint density at radius 1 is 1.24 bits per heavy atom. The van der Waals surface area contributed by atoms with Gasteiger partial charge in [0.25, 0.3) is 0 Å². The number of rotatable bonds is 13. The summed E-state index contributed by atoms with van der Waals surface area (Å²) >= 11 is 0. The quantitative estimate of drug-likeness (QED) is 0.196. The van der Waals surface area contributed by atoms with Crippen LogP contribution >= 0.6 is 0 Å². The number of unbranched alkanes of at least 4 members (excludes halogenated alkanes) is 1. The molecule has 0 aliphatic carbocycles. The highest BCUT2D eigenvalue weighted by Crippen LogP contribution is 2.20. The van der Waals surface area contributed by atoms with Crippen molar-refractivity contribution >= 4 is 23.7 Å². The predicted octanol–water partition coefficient (Wildman–Crippen LogP) is -0.890. The zero-order chi connectivity index (χ0) is 25.3. The summed E-state index contributed by atoms with van der Waals surface area (Å²) in [6.07, 6.45) is 5.82. The third-order valence-electron chi connectivity index (χ3n) is 5.96. The van der Waals surface area contributed by atoms with Gasteiger partial charge in [0.2, 0.25) is 17.7 Å². The number of H-pyrrole nitrogens is 1. The number of hydrogen-bond acceptors (Lipinski definition) is 7. The van der Waals surface area contributed by atoms with Crippen molar-refractivity contribution in [3.63, 3.8) is 0 Å². The van der Waals surface area contributed by atoms with Crippen LogP contribution in [0, 0.1) is 5.92 Å². The molecule has 1 aromatic rings. The Bertz CT molecular complexity index is 830. The predicted molar refractivity (Wildman–Crippen MR) is 124 cm³/mol. The van der Waals surface area contributed by atoms with Crippen LogP contribution in [0.3, 0.4) is 0 Å². The van der Waals surface area contributed by atoms with Gasteiger partial charge in [-0.2, -0.15) is 0 Å². The van der Waals surface area contributed by atoms with Gasteiger partial charge in [-0.1, -0.05) is 13.8 Å². The molecule has 4 atom stereocenters. The summed E-state index contributed by atoms with van der Waals surface area (Å²) in [6.45, 7) is 4.31. The highest BCUT2D eigenvalue weighted by atomic mass is 16.4. The van der Waals surface area contributed by atoms with E-state index in [1.807, 2.05) is 0 Å². The zero-order valence-electron chi connectivity index (χ0n) is 19.8. The van der Waals surface area contributed by atoms with Gasteiger partial charge in [0.15, 0.2) is 0 Å². The molecule has 1 saturated heterocycles. The monoisotopic (exact) mass is 479 g/mol. The molecular weight excluding hydrogens is 442 g/mol. The molecule has 1 aliphatic rings. The van der Waals surface area contributed by atoms with Crippen LogP contribution in [0.5, 0.6) is 0 Å². The number of imidazole rings is 1. The Balaban J connectivity index is 2.09. The summed E-state index contributed by atoms with van der Waals surface area (Å²) in [5.41, 5.74) is 12.3. The van der Waals surface area contributed by atoms with Crippen LogP contribution in [0.2, 0.25) is 0 Å². The lowest BCUT2D eigenvalue weighted by Gasteiger charge is -2.30. The van der Waals surface area contributed by atoms with Gasteiger partial charge in [-0.15, -0.1) is 0 Å². The van der Waals surface area contributed by atoms with Crippen molar-refractivity contribution in [3.8, 4) is 0 Å². The molecule has 2 rings (SSSR count). The second-order valence-corrected chi connectivity index (χ2v) is 8.99. The maximum absolute atomic E-state index is 13.2. The fraction of sp³-hybridized carbons (Fsp3) is 0.682. The molecule has 0 spiro atoms. The fourth-order valence-corrected chi connectivity index (χ4v) is 4.02. The molecule has 0 bridgehead atoms. The summed E-state index contributed by atoms with van der Waals surface area (Å²) in [4.78, 5) is 58.6. The first-order valence-corrected chi connectivity index (χ1v) is 11.7. The number of nitrogens with two attached hydrogens (primary N) is 2. The molecule has 1 aromatic heterocycles. The van der Waals surface area contributed by atoms with Gasteiger partial charge >= 0.3 is 5.97 Å². The third-order valence-corrected chi connectivity index (χ3v) is 5.96. The number of nitrogens with one attached hydrogen (secondary N) is 3. The topological polar surface area (TPSA) is 197 Å². The van der Waals surface area contributed by atoms with E-state index in [1.165, 1.54) is 11.2 Å². The van der Waals surface area contributed by atoms with Crippen LogP contribution in [0.4, 0.5) is 0 Å². The Labute approximate surface area is 199 Å². The highest BCUT2D eigenvalue weighted by molar-refractivity contribution is 5.94. The minimum atomic E-state index is -1.06. The van der Waals surface area contributed by atoms with E-state index >= 15 is 0 Å².